The van der Waals surface area contributed by atoms with Crippen LogP contribution in [0.25, 0.3) is 0 Å². The summed E-state index contributed by atoms with van der Waals surface area (Å²) < 4.78 is 0. The highest BCUT2D eigenvalue weighted by Gasteiger charge is 1.88. The molecule has 0 saturated heterocycles. The average molecular weight is 203 g/mol. The van der Waals surface area contributed by atoms with Crippen molar-refractivity contribution in [2.75, 3.05) is 13.1 Å². The maximum absolute atomic E-state index is 3.98. The normalized spacial score (nSPS) is 11.3. The molecule has 0 aromatic heterocycles. The summed E-state index contributed by atoms with van der Waals surface area (Å²) in [5, 5.41) is 7.96. The van der Waals surface area contributed by atoms with Crippen LogP contribution in [-0.4, -0.2) is 30.5 Å². The van der Waals surface area contributed by atoms with E-state index in [1.807, 2.05) is 30.3 Å². The minimum Gasteiger partial charge on any atom is -0.362 e. The molecule has 80 valence electrons. The first-order valence-corrected chi connectivity index (χ1v) is 5.22. The predicted molar refractivity (Wildman–Crippen MR) is 65.4 cm³/mol. The van der Waals surface area contributed by atoms with Gasteiger partial charge in [0.2, 0.25) is 0 Å². The lowest BCUT2D eigenvalue weighted by molar-refractivity contribution is 0.478. The molecule has 0 aliphatic heterocycles. The zero-order valence-corrected chi connectivity index (χ0v) is 9.30. The van der Waals surface area contributed by atoms with Gasteiger partial charge >= 0.3 is 0 Å². The standard InChI is InChI=1S/C12H17N3/c1-3-15(4-2)11-14-13-10-12-8-6-5-7-9-12/h5-11H,3-4H2,1-2H3/b13-10+,14-11+. The van der Waals surface area contributed by atoms with Gasteiger partial charge in [-0.25, -0.2) is 0 Å². The van der Waals surface area contributed by atoms with Gasteiger partial charge in [0, 0.05) is 13.1 Å². The predicted octanol–water partition coefficient (Wildman–Crippen LogP) is 2.39. The van der Waals surface area contributed by atoms with E-state index in [0.717, 1.165) is 18.7 Å². The van der Waals surface area contributed by atoms with E-state index in [2.05, 4.69) is 29.0 Å². The van der Waals surface area contributed by atoms with Crippen LogP contribution >= 0.6 is 0 Å². The quantitative estimate of drug-likeness (QED) is 0.410. The van der Waals surface area contributed by atoms with Gasteiger partial charge in [-0.05, 0) is 19.4 Å². The smallest absolute Gasteiger partial charge is 0.114 e. The zero-order valence-electron chi connectivity index (χ0n) is 9.30. The molecule has 0 amide bonds. The van der Waals surface area contributed by atoms with Gasteiger partial charge < -0.3 is 4.90 Å². The molecule has 0 spiro atoms. The minimum absolute atomic E-state index is 0.959. The first-order chi connectivity index (χ1) is 7.36. The van der Waals surface area contributed by atoms with Crippen molar-refractivity contribution < 1.29 is 0 Å². The van der Waals surface area contributed by atoms with E-state index in [9.17, 15) is 0 Å². The van der Waals surface area contributed by atoms with Crippen molar-refractivity contribution >= 4 is 12.6 Å². The molecule has 0 saturated carbocycles. The number of hydrogen-bond donors (Lipinski definition) is 0. The maximum Gasteiger partial charge on any atom is 0.114 e. The highest BCUT2D eigenvalue weighted by Crippen LogP contribution is 1.93. The molecule has 15 heavy (non-hydrogen) atoms. The van der Waals surface area contributed by atoms with Crippen molar-refractivity contribution in [3.63, 3.8) is 0 Å². The Morgan fingerprint density at radius 1 is 1.07 bits per heavy atom. The van der Waals surface area contributed by atoms with E-state index in [4.69, 9.17) is 0 Å². The lowest BCUT2D eigenvalue weighted by Gasteiger charge is -2.11. The molecule has 0 N–H and O–H groups in total. The molecule has 1 aromatic rings. The summed E-state index contributed by atoms with van der Waals surface area (Å²) in [4.78, 5) is 2.09. The van der Waals surface area contributed by atoms with Crippen molar-refractivity contribution in [2.45, 2.75) is 13.8 Å². The number of hydrogen-bond acceptors (Lipinski definition) is 2. The molecule has 0 heterocycles. The molecule has 0 aliphatic rings. The number of benzene rings is 1. The average Bonchev–Trinajstić information content (AvgIpc) is 2.31. The Balaban J connectivity index is 2.46. The summed E-state index contributed by atoms with van der Waals surface area (Å²) in [5.74, 6) is 0. The Kier molecular flexibility index (Phi) is 5.15. The van der Waals surface area contributed by atoms with E-state index in [1.54, 1.807) is 12.6 Å². The third kappa shape index (κ3) is 4.40. The van der Waals surface area contributed by atoms with E-state index < -0.39 is 0 Å². The number of rotatable bonds is 5. The summed E-state index contributed by atoms with van der Waals surface area (Å²) in [6, 6.07) is 9.94. The number of nitrogens with zero attached hydrogens (tertiary/aromatic N) is 3. The fraction of sp³-hybridized carbons (Fsp3) is 0.333. The van der Waals surface area contributed by atoms with Crippen molar-refractivity contribution in [3.8, 4) is 0 Å². The Bertz CT molecular complexity index is 313. The van der Waals surface area contributed by atoms with Gasteiger partial charge in [-0.3, -0.25) is 0 Å². The van der Waals surface area contributed by atoms with E-state index in [1.165, 1.54) is 0 Å². The van der Waals surface area contributed by atoms with Crippen molar-refractivity contribution in [3.05, 3.63) is 35.9 Å². The van der Waals surface area contributed by atoms with Crippen LogP contribution in [0.1, 0.15) is 19.4 Å². The molecule has 0 atom stereocenters. The molecular weight excluding hydrogens is 186 g/mol. The molecule has 1 aromatic carbocycles. The maximum atomic E-state index is 3.98. The highest BCUT2D eigenvalue weighted by molar-refractivity contribution is 5.79. The van der Waals surface area contributed by atoms with Gasteiger partial charge in [0.1, 0.15) is 6.34 Å². The second-order valence-corrected chi connectivity index (χ2v) is 3.11. The van der Waals surface area contributed by atoms with Gasteiger partial charge in [0.15, 0.2) is 0 Å². The van der Waals surface area contributed by atoms with Crippen molar-refractivity contribution in [2.24, 2.45) is 10.2 Å². The molecule has 3 heteroatoms. The van der Waals surface area contributed by atoms with Gasteiger partial charge in [-0.15, -0.1) is 5.10 Å². The summed E-state index contributed by atoms with van der Waals surface area (Å²) in [5.41, 5.74) is 1.06. The topological polar surface area (TPSA) is 28.0 Å². The monoisotopic (exact) mass is 203 g/mol. The Morgan fingerprint density at radius 3 is 2.33 bits per heavy atom. The van der Waals surface area contributed by atoms with Crippen LogP contribution in [0.4, 0.5) is 0 Å². The van der Waals surface area contributed by atoms with Crippen LogP contribution in [0.2, 0.25) is 0 Å². The van der Waals surface area contributed by atoms with E-state index >= 15 is 0 Å². The van der Waals surface area contributed by atoms with Crippen LogP contribution in [0.5, 0.6) is 0 Å². The van der Waals surface area contributed by atoms with Gasteiger partial charge in [-0.1, -0.05) is 30.3 Å². The second kappa shape index (κ2) is 6.76. The molecule has 0 fully saturated rings. The van der Waals surface area contributed by atoms with Crippen LogP contribution in [-0.2, 0) is 0 Å². The first-order valence-electron chi connectivity index (χ1n) is 5.22. The summed E-state index contributed by atoms with van der Waals surface area (Å²) in [6.07, 6.45) is 3.51. The molecule has 1 rings (SSSR count). The summed E-state index contributed by atoms with van der Waals surface area (Å²) in [7, 11) is 0. The fourth-order valence-corrected chi connectivity index (χ4v) is 1.13. The molecule has 0 aliphatic carbocycles. The first kappa shape index (κ1) is 11.4. The summed E-state index contributed by atoms with van der Waals surface area (Å²) in [6.45, 7) is 6.11. The third-order valence-corrected chi connectivity index (χ3v) is 2.10. The van der Waals surface area contributed by atoms with Gasteiger partial charge in [0.25, 0.3) is 0 Å². The lowest BCUT2D eigenvalue weighted by atomic mass is 10.2. The lowest BCUT2D eigenvalue weighted by Crippen LogP contribution is -2.20. The van der Waals surface area contributed by atoms with Crippen LogP contribution in [0.3, 0.4) is 0 Å². The minimum atomic E-state index is 0.959. The van der Waals surface area contributed by atoms with Gasteiger partial charge in [-0.2, -0.15) is 5.10 Å². The molecule has 3 nitrogen and oxygen atoms in total. The second-order valence-electron chi connectivity index (χ2n) is 3.11. The van der Waals surface area contributed by atoms with E-state index in [-0.39, 0.29) is 0 Å². The molecule has 0 bridgehead atoms. The van der Waals surface area contributed by atoms with Crippen LogP contribution < -0.4 is 0 Å². The summed E-state index contributed by atoms with van der Waals surface area (Å²) >= 11 is 0. The van der Waals surface area contributed by atoms with Crippen LogP contribution in [0.15, 0.2) is 40.5 Å². The van der Waals surface area contributed by atoms with Crippen molar-refractivity contribution in [1.82, 2.24) is 4.90 Å². The highest BCUT2D eigenvalue weighted by atomic mass is 15.3. The molecule has 0 unspecified atom stereocenters. The zero-order chi connectivity index (χ0) is 10.9. The van der Waals surface area contributed by atoms with Crippen molar-refractivity contribution in [1.29, 1.82) is 0 Å². The van der Waals surface area contributed by atoms with E-state index in [0.29, 0.717) is 0 Å². The SMILES string of the molecule is CCN(/C=N/N=C/c1ccccc1)CC. The largest absolute Gasteiger partial charge is 0.362 e. The molecule has 0 radical (unpaired) electrons. The Morgan fingerprint density at radius 2 is 1.73 bits per heavy atom. The molecular formula is C12H17N3. The Labute approximate surface area is 91.1 Å². The fourth-order valence-electron chi connectivity index (χ4n) is 1.13. The van der Waals surface area contributed by atoms with Crippen LogP contribution in [0, 0.1) is 0 Å². The van der Waals surface area contributed by atoms with Gasteiger partial charge in [0.05, 0.1) is 6.21 Å². The third-order valence-electron chi connectivity index (χ3n) is 2.10. The Hall–Kier alpha value is -1.64.